The molecule has 3 fully saturated rings. The molecular weight excluding hydrogens is 592 g/mol. The summed E-state index contributed by atoms with van der Waals surface area (Å²) in [6, 6.07) is 4.89. The van der Waals surface area contributed by atoms with Gasteiger partial charge in [-0.1, -0.05) is 0 Å². The van der Waals surface area contributed by atoms with Gasteiger partial charge in [0.15, 0.2) is 0 Å². The van der Waals surface area contributed by atoms with Crippen LogP contribution in [0, 0.1) is 0 Å². The summed E-state index contributed by atoms with van der Waals surface area (Å²) in [6.45, 7) is 7.21. The summed E-state index contributed by atoms with van der Waals surface area (Å²) in [7, 11) is 1.66. The molecule has 14 heteroatoms. The molecule has 0 radical (unpaired) electrons. The van der Waals surface area contributed by atoms with Crippen molar-refractivity contribution in [1.29, 1.82) is 0 Å². The van der Waals surface area contributed by atoms with Crippen molar-refractivity contribution in [1.82, 2.24) is 30.2 Å². The molecule has 0 aliphatic carbocycles. The predicted octanol–water partition coefficient (Wildman–Crippen LogP) is 2.81. The molecule has 3 saturated heterocycles. The summed E-state index contributed by atoms with van der Waals surface area (Å²) < 4.78 is 0. The molecule has 3 aliphatic rings. The fraction of sp³-hybridized carbons (Fsp3) is 0.625. The smallest absolute Gasteiger partial charge is 0.324 e. The van der Waals surface area contributed by atoms with E-state index < -0.39 is 12.1 Å². The number of hydrogen-bond donors (Lipinski definition) is 4. The van der Waals surface area contributed by atoms with Crippen molar-refractivity contribution < 1.29 is 28.8 Å². The number of hydrogen-bond acceptors (Lipinski definition) is 7. The quantitative estimate of drug-likeness (QED) is 0.302. The summed E-state index contributed by atoms with van der Waals surface area (Å²) in [5.41, 5.74) is 1.13. The Hall–Kier alpha value is -4.20. The van der Waals surface area contributed by atoms with Crippen molar-refractivity contribution in [2.24, 2.45) is 0 Å². The van der Waals surface area contributed by atoms with Crippen molar-refractivity contribution in [3.8, 4) is 0 Å². The lowest BCUT2D eigenvalue weighted by Crippen LogP contribution is -2.52. The molecule has 0 bridgehead atoms. The first-order valence-electron chi connectivity index (χ1n) is 16.3. The first-order chi connectivity index (χ1) is 22.1. The van der Waals surface area contributed by atoms with Crippen molar-refractivity contribution in [3.05, 3.63) is 24.3 Å². The predicted molar refractivity (Wildman–Crippen MR) is 173 cm³/mol. The fourth-order valence-electron chi connectivity index (χ4n) is 6.58. The van der Waals surface area contributed by atoms with Gasteiger partial charge in [-0.25, -0.2) is 14.4 Å². The molecule has 0 aromatic heterocycles. The van der Waals surface area contributed by atoms with Crippen LogP contribution in [-0.2, 0) is 14.4 Å². The van der Waals surface area contributed by atoms with E-state index in [1.807, 2.05) is 13.8 Å². The van der Waals surface area contributed by atoms with Gasteiger partial charge in [-0.15, -0.1) is 0 Å². The number of likely N-dealkylation sites (N-methyl/N-ethyl adjacent to an activating group) is 1. The van der Waals surface area contributed by atoms with Gasteiger partial charge < -0.3 is 40.3 Å². The number of carbonyl (C=O) groups is 6. The number of anilines is 2. The number of imide groups is 1. The molecule has 252 valence electrons. The molecule has 0 saturated carbocycles. The molecule has 8 amide bonds. The van der Waals surface area contributed by atoms with Crippen LogP contribution in [0.15, 0.2) is 24.3 Å². The molecule has 1 aromatic rings. The Morgan fingerprint density at radius 3 is 2.33 bits per heavy atom. The van der Waals surface area contributed by atoms with Crippen LogP contribution >= 0.6 is 0 Å². The molecule has 4 rings (SSSR count). The molecule has 1 aromatic carbocycles. The van der Waals surface area contributed by atoms with Crippen LogP contribution in [-0.4, -0.2) is 119 Å². The third kappa shape index (κ3) is 8.33. The number of rotatable bonds is 9. The number of urea groups is 3. The van der Waals surface area contributed by atoms with Gasteiger partial charge in [0.2, 0.25) is 11.8 Å². The van der Waals surface area contributed by atoms with E-state index in [0.29, 0.717) is 50.3 Å². The minimum Gasteiger partial charge on any atom is -0.330 e. The van der Waals surface area contributed by atoms with Crippen LogP contribution in [0.25, 0.3) is 0 Å². The zero-order valence-electron chi connectivity index (χ0n) is 27.3. The maximum Gasteiger partial charge on any atom is 0.324 e. The second kappa shape index (κ2) is 15.9. The van der Waals surface area contributed by atoms with E-state index in [4.69, 9.17) is 0 Å². The molecule has 5 atom stereocenters. The third-order valence-corrected chi connectivity index (χ3v) is 9.47. The average molecular weight is 641 g/mol. The van der Waals surface area contributed by atoms with E-state index in [2.05, 4.69) is 21.3 Å². The highest BCUT2D eigenvalue weighted by atomic mass is 16.2. The Labute approximate surface area is 270 Å². The highest BCUT2D eigenvalue weighted by Crippen LogP contribution is 2.29. The average Bonchev–Trinajstić information content (AvgIpc) is 3.62. The largest absolute Gasteiger partial charge is 0.330 e. The fourth-order valence-corrected chi connectivity index (χ4v) is 6.58. The van der Waals surface area contributed by atoms with Gasteiger partial charge >= 0.3 is 18.1 Å². The Morgan fingerprint density at radius 1 is 0.978 bits per heavy atom. The normalized spacial score (nSPS) is 23.6. The third-order valence-electron chi connectivity index (χ3n) is 9.47. The van der Waals surface area contributed by atoms with Crippen molar-refractivity contribution >= 4 is 47.6 Å². The zero-order chi connectivity index (χ0) is 33.4. The second-order valence-electron chi connectivity index (χ2n) is 12.4. The zero-order valence-corrected chi connectivity index (χ0v) is 27.3. The molecule has 2 unspecified atom stereocenters. The number of amides is 8. The van der Waals surface area contributed by atoms with Crippen molar-refractivity contribution in [2.75, 3.05) is 43.9 Å². The van der Waals surface area contributed by atoms with E-state index in [0.717, 1.165) is 25.5 Å². The van der Waals surface area contributed by atoms with Crippen LogP contribution in [0.2, 0.25) is 0 Å². The second-order valence-corrected chi connectivity index (χ2v) is 12.4. The molecule has 3 heterocycles. The molecule has 46 heavy (non-hydrogen) atoms. The Kier molecular flexibility index (Phi) is 12.0. The Balaban J connectivity index is 1.26. The van der Waals surface area contributed by atoms with E-state index >= 15 is 0 Å². The maximum atomic E-state index is 13.1. The first-order valence-corrected chi connectivity index (χ1v) is 16.3. The number of likely N-dealkylation sites (tertiary alicyclic amines) is 1. The summed E-state index contributed by atoms with van der Waals surface area (Å²) in [4.78, 5) is 82.0. The number of aldehydes is 1. The van der Waals surface area contributed by atoms with Crippen LogP contribution in [0.4, 0.5) is 25.8 Å². The van der Waals surface area contributed by atoms with E-state index in [9.17, 15) is 28.8 Å². The summed E-state index contributed by atoms with van der Waals surface area (Å²) >= 11 is 0. The molecular formula is C32H48N8O6. The summed E-state index contributed by atoms with van der Waals surface area (Å²) in [6.07, 6.45) is 5.29. The lowest BCUT2D eigenvalue weighted by molar-refractivity contribution is -0.137. The standard InChI is InChI=1S/C32H48N8O6/c1-5-37(17-14-25-11-6-21(2)39(25)32(46)36-29(43)22(3)33-4)30(44)34-23-7-9-24(10-8-23)35-31(45)38-18-15-26-12-13-27(20-41)40(26)28(42)16-19-38/h7-10,20-22,25-27,33H,5-6,11-19H2,1-4H3,(H,34,44)(H,35,45)(H,36,43,46)/t21?,22?,25-,26-,27+/m1/s1. The number of nitrogens with zero attached hydrogens (tertiary/aromatic N) is 4. The van der Waals surface area contributed by atoms with Crippen LogP contribution in [0.1, 0.15) is 65.7 Å². The molecule has 0 spiro atoms. The maximum absolute atomic E-state index is 13.1. The van der Waals surface area contributed by atoms with Gasteiger partial charge in [0.05, 0.1) is 12.1 Å². The van der Waals surface area contributed by atoms with E-state index in [1.54, 1.807) is 57.8 Å². The molecule has 4 N–H and O–H groups in total. The van der Waals surface area contributed by atoms with Crippen molar-refractivity contribution in [2.45, 2.75) is 95.9 Å². The Bertz CT molecular complexity index is 1280. The first kappa shape index (κ1) is 34.7. The lowest BCUT2D eigenvalue weighted by atomic mass is 10.1. The van der Waals surface area contributed by atoms with Gasteiger partial charge in [0, 0.05) is 62.1 Å². The summed E-state index contributed by atoms with van der Waals surface area (Å²) in [5.74, 6) is -0.473. The summed E-state index contributed by atoms with van der Waals surface area (Å²) in [5, 5.41) is 11.1. The number of nitrogens with one attached hydrogen (secondary N) is 4. The number of fused-ring (bicyclic) bond motifs is 1. The Morgan fingerprint density at radius 2 is 1.67 bits per heavy atom. The monoisotopic (exact) mass is 640 g/mol. The highest BCUT2D eigenvalue weighted by Gasteiger charge is 2.38. The number of carbonyl (C=O) groups excluding carboxylic acids is 6. The van der Waals surface area contributed by atoms with Gasteiger partial charge in [-0.3, -0.25) is 14.9 Å². The molecule has 3 aliphatic heterocycles. The topological polar surface area (TPSA) is 164 Å². The van der Waals surface area contributed by atoms with Gasteiger partial charge in [-0.05, 0) is 90.6 Å². The van der Waals surface area contributed by atoms with Crippen LogP contribution in [0.3, 0.4) is 0 Å². The van der Waals surface area contributed by atoms with Crippen LogP contribution < -0.4 is 21.3 Å². The van der Waals surface area contributed by atoms with E-state index in [1.165, 1.54) is 0 Å². The minimum atomic E-state index is -0.488. The van der Waals surface area contributed by atoms with E-state index in [-0.39, 0.29) is 61.0 Å². The van der Waals surface area contributed by atoms with Gasteiger partial charge in [-0.2, -0.15) is 0 Å². The number of benzene rings is 1. The van der Waals surface area contributed by atoms with Crippen LogP contribution in [0.5, 0.6) is 0 Å². The SMILES string of the molecule is CCN(CC[C@H]1CCC(C)N1C(=O)NC(=O)C(C)NC)C(=O)Nc1ccc(NC(=O)N2CCC(=O)N3[C@H](CC[C@H]3C=O)CC2)cc1. The minimum absolute atomic E-state index is 0.00853. The lowest BCUT2D eigenvalue weighted by Gasteiger charge is -2.34. The van der Waals surface area contributed by atoms with Gasteiger partial charge in [0.1, 0.15) is 6.29 Å². The van der Waals surface area contributed by atoms with Gasteiger partial charge in [0.25, 0.3) is 0 Å². The van der Waals surface area contributed by atoms with Crippen molar-refractivity contribution in [3.63, 3.8) is 0 Å². The highest BCUT2D eigenvalue weighted by molar-refractivity contribution is 5.97. The molecule has 14 nitrogen and oxygen atoms in total.